The average Bonchev–Trinajstić information content (AvgIpc) is 3.39. The van der Waals surface area contributed by atoms with Crippen molar-refractivity contribution in [2.75, 3.05) is 20.2 Å². The molecule has 0 saturated heterocycles. The Kier molecular flexibility index (Phi) is 23.8. The standard InChI is InChI=1S/C52H46Cl2N6O7.C2H6.CH4O/c1-34-40(32-66-50-20-48(64-30-38-16-36(22-55)24-59-26-38)42(18-46(50)53)28-57-13-3-4-15-61)8-5-10-44(34)45-11-6-9-41(35(45)2)33-67-51-21-49(65-31-39-17-37(23-56)25-60-27-39)43(19-47(51)54)29-58-14-7-12-52(62)63;2*1-2/h3-12,15-21,24-27,57-58H,13-14,28-33H2,1-2H3,(H,62,63);1-2H3;2H,1H3/b4-3-,12-7-;;. The van der Waals surface area contributed by atoms with E-state index in [1.807, 2.05) is 45.0 Å². The van der Waals surface area contributed by atoms with Gasteiger partial charge in [-0.3, -0.25) is 14.8 Å². The van der Waals surface area contributed by atoms with Gasteiger partial charge in [0.1, 0.15) is 67.9 Å². The lowest BCUT2D eigenvalue weighted by Crippen LogP contribution is -2.14. The molecule has 16 heteroatoms. The summed E-state index contributed by atoms with van der Waals surface area (Å²) < 4.78 is 25.2. The van der Waals surface area contributed by atoms with Crippen LogP contribution in [0.15, 0.2) is 122 Å². The van der Waals surface area contributed by atoms with Crippen molar-refractivity contribution in [2.45, 2.75) is 67.2 Å². The van der Waals surface area contributed by atoms with Gasteiger partial charge in [-0.1, -0.05) is 85.6 Å². The summed E-state index contributed by atoms with van der Waals surface area (Å²) in [6, 6.07) is 26.8. The third kappa shape index (κ3) is 17.1. The van der Waals surface area contributed by atoms with Gasteiger partial charge >= 0.3 is 5.97 Å². The summed E-state index contributed by atoms with van der Waals surface area (Å²) in [4.78, 5) is 29.9. The predicted octanol–water partition coefficient (Wildman–Crippen LogP) is 10.3. The molecule has 4 aromatic carbocycles. The van der Waals surface area contributed by atoms with Crippen LogP contribution < -0.4 is 29.6 Å². The maximum absolute atomic E-state index is 10.9. The molecule has 0 spiro atoms. The van der Waals surface area contributed by atoms with Gasteiger partial charge in [0.15, 0.2) is 0 Å². The molecule has 4 N–H and O–H groups in total. The van der Waals surface area contributed by atoms with Gasteiger partial charge in [-0.25, -0.2) is 4.79 Å². The number of hydrogen-bond acceptors (Lipinski definition) is 13. The first-order valence-electron chi connectivity index (χ1n) is 22.4. The van der Waals surface area contributed by atoms with Gasteiger partial charge < -0.3 is 39.8 Å². The number of nitriles is 2. The van der Waals surface area contributed by atoms with Crippen LogP contribution in [0.25, 0.3) is 11.1 Å². The summed E-state index contributed by atoms with van der Waals surface area (Å²) in [6.07, 6.45) is 12.7. The van der Waals surface area contributed by atoms with E-state index in [9.17, 15) is 20.1 Å². The number of carbonyl (C=O) groups is 2. The number of benzene rings is 4. The van der Waals surface area contributed by atoms with Crippen molar-refractivity contribution in [3.63, 3.8) is 0 Å². The van der Waals surface area contributed by atoms with E-state index in [2.05, 4.69) is 51.8 Å². The molecule has 0 unspecified atom stereocenters. The van der Waals surface area contributed by atoms with Crippen LogP contribution in [0, 0.1) is 36.5 Å². The van der Waals surface area contributed by atoms with E-state index in [1.165, 1.54) is 24.5 Å². The minimum Gasteiger partial charge on any atom is -0.488 e. The molecule has 0 radical (unpaired) electrons. The number of allylic oxidation sites excluding steroid dienone is 1. The molecule has 2 aromatic heterocycles. The van der Waals surface area contributed by atoms with Gasteiger partial charge in [-0.05, 0) is 77.6 Å². The molecule has 2 heterocycles. The minimum absolute atomic E-state index is 0.133. The van der Waals surface area contributed by atoms with E-state index in [0.717, 1.165) is 69.5 Å². The molecule has 0 saturated carbocycles. The smallest absolute Gasteiger partial charge is 0.328 e. The maximum atomic E-state index is 10.9. The number of nitrogens with zero attached hydrogens (tertiary/aromatic N) is 4. The quantitative estimate of drug-likeness (QED) is 0.0268. The second-order valence-electron chi connectivity index (χ2n) is 15.1. The van der Waals surface area contributed by atoms with Gasteiger partial charge in [0, 0.05) is 98.5 Å². The molecule has 0 fully saturated rings. The van der Waals surface area contributed by atoms with Crippen molar-refractivity contribution in [2.24, 2.45) is 0 Å². The highest BCUT2D eigenvalue weighted by molar-refractivity contribution is 6.32. The summed E-state index contributed by atoms with van der Waals surface area (Å²) in [5.74, 6) is 0.833. The van der Waals surface area contributed by atoms with E-state index in [0.29, 0.717) is 75.9 Å². The van der Waals surface area contributed by atoms with Crippen molar-refractivity contribution in [1.29, 1.82) is 10.5 Å². The number of pyridine rings is 2. The van der Waals surface area contributed by atoms with Crippen molar-refractivity contribution < 1.29 is 38.7 Å². The zero-order chi connectivity index (χ0) is 51.5. The molecular weight excluding hydrogens is 944 g/mol. The second-order valence-corrected chi connectivity index (χ2v) is 15.9. The lowest BCUT2D eigenvalue weighted by Gasteiger charge is -2.19. The zero-order valence-electron chi connectivity index (χ0n) is 40.2. The number of aliphatic hydroxyl groups excluding tert-OH is 1. The van der Waals surface area contributed by atoms with Crippen LogP contribution in [-0.4, -0.2) is 52.6 Å². The Bertz CT molecular complexity index is 2880. The lowest BCUT2D eigenvalue weighted by molar-refractivity contribution is -0.131. The van der Waals surface area contributed by atoms with Crippen LogP contribution >= 0.6 is 23.2 Å². The Balaban J connectivity index is 0.00000267. The lowest BCUT2D eigenvalue weighted by atomic mass is 9.92. The summed E-state index contributed by atoms with van der Waals surface area (Å²) in [5.41, 5.74) is 9.74. The van der Waals surface area contributed by atoms with E-state index in [-0.39, 0.29) is 26.4 Å². The Labute approximate surface area is 424 Å². The summed E-state index contributed by atoms with van der Waals surface area (Å²) in [6.45, 7) is 10.3. The van der Waals surface area contributed by atoms with Gasteiger partial charge in [0.2, 0.25) is 0 Å². The number of nitrogens with one attached hydrogen (secondary N) is 2. The second kappa shape index (κ2) is 30.1. The van der Waals surface area contributed by atoms with Crippen LogP contribution in [0.4, 0.5) is 0 Å². The average molecular weight is 1000 g/mol. The number of carboxylic acid groups (broad SMARTS) is 1. The Hall–Kier alpha value is -7.56. The molecule has 0 amide bonds. The molecule has 0 aliphatic rings. The first-order valence-corrected chi connectivity index (χ1v) is 23.2. The fourth-order valence-corrected chi connectivity index (χ4v) is 7.42. The first kappa shape index (κ1) is 56.0. The molecule has 6 aromatic rings. The maximum Gasteiger partial charge on any atom is 0.328 e. The third-order valence-corrected chi connectivity index (χ3v) is 11.0. The molecule has 6 rings (SSSR count). The Morgan fingerprint density at radius 3 is 1.49 bits per heavy atom. The summed E-state index contributed by atoms with van der Waals surface area (Å²) in [5, 5.41) is 41.8. The van der Waals surface area contributed by atoms with Crippen molar-refractivity contribution in [3.05, 3.63) is 188 Å². The molecule has 0 aliphatic heterocycles. The van der Waals surface area contributed by atoms with Crippen LogP contribution in [-0.2, 0) is 49.1 Å². The SMILES string of the molecule is CC.CO.Cc1c(COc2cc(OCc3cncc(C#N)c3)c(CNC/C=C\C=O)cc2Cl)cccc1-c1cccc(COc2cc(OCc3cncc(C#N)c3)c(CNC/C=C\C(=O)O)cc2Cl)c1C. The number of aliphatic carboxylic acids is 1. The minimum atomic E-state index is -1.03. The number of hydrogen-bond donors (Lipinski definition) is 4. The monoisotopic (exact) mass is 998 g/mol. The molecule has 0 aliphatic carbocycles. The van der Waals surface area contributed by atoms with Gasteiger partial charge in [0.25, 0.3) is 0 Å². The fourth-order valence-electron chi connectivity index (χ4n) is 6.93. The van der Waals surface area contributed by atoms with Gasteiger partial charge in [-0.2, -0.15) is 10.5 Å². The van der Waals surface area contributed by atoms with E-state index < -0.39 is 5.97 Å². The predicted molar refractivity (Wildman–Crippen MR) is 274 cm³/mol. The highest BCUT2D eigenvalue weighted by Gasteiger charge is 2.17. The largest absolute Gasteiger partial charge is 0.488 e. The highest BCUT2D eigenvalue weighted by atomic mass is 35.5. The Morgan fingerprint density at radius 2 is 1.07 bits per heavy atom. The third-order valence-electron chi connectivity index (χ3n) is 10.4. The molecule has 71 heavy (non-hydrogen) atoms. The van der Waals surface area contributed by atoms with Gasteiger partial charge in [-0.15, -0.1) is 0 Å². The molecular formula is C55H56Cl2N6O8. The van der Waals surface area contributed by atoms with Gasteiger partial charge in [0.05, 0.1) is 21.2 Å². The van der Waals surface area contributed by atoms with E-state index in [1.54, 1.807) is 54.9 Å². The van der Waals surface area contributed by atoms with E-state index in [4.69, 9.17) is 52.4 Å². The normalized spacial score (nSPS) is 10.6. The number of carbonyl (C=O) groups excluding carboxylic acids is 1. The van der Waals surface area contributed by atoms with Crippen molar-refractivity contribution in [1.82, 2.24) is 20.6 Å². The zero-order valence-corrected chi connectivity index (χ0v) is 41.7. The molecule has 368 valence electrons. The van der Waals surface area contributed by atoms with Crippen LogP contribution in [0.3, 0.4) is 0 Å². The topological polar surface area (TPSA) is 209 Å². The fraction of sp³-hybridized carbons (Fsp3) is 0.236. The van der Waals surface area contributed by atoms with Crippen LogP contribution in [0.1, 0.15) is 69.5 Å². The highest BCUT2D eigenvalue weighted by Crippen LogP contribution is 2.37. The number of aldehydes is 1. The number of aromatic nitrogens is 2. The number of carboxylic acids is 1. The summed E-state index contributed by atoms with van der Waals surface area (Å²) >= 11 is 13.6. The molecule has 0 atom stereocenters. The molecule has 14 nitrogen and oxygen atoms in total. The molecule has 0 bridgehead atoms. The van der Waals surface area contributed by atoms with Crippen molar-refractivity contribution in [3.8, 4) is 46.3 Å². The number of rotatable bonds is 23. The summed E-state index contributed by atoms with van der Waals surface area (Å²) in [7, 11) is 1.00. The van der Waals surface area contributed by atoms with E-state index >= 15 is 0 Å². The van der Waals surface area contributed by atoms with Crippen LogP contribution in [0.5, 0.6) is 23.0 Å². The number of halogens is 2. The number of aliphatic hydroxyl groups is 1. The number of ether oxygens (including phenoxy) is 4. The van der Waals surface area contributed by atoms with Crippen LogP contribution in [0.2, 0.25) is 10.0 Å². The van der Waals surface area contributed by atoms with Crippen molar-refractivity contribution >= 4 is 35.5 Å². The Morgan fingerprint density at radius 1 is 0.634 bits per heavy atom. The first-order chi connectivity index (χ1) is 34.6.